The lowest BCUT2D eigenvalue weighted by Crippen LogP contribution is -2.11. The first-order valence-corrected chi connectivity index (χ1v) is 5.07. The summed E-state index contributed by atoms with van der Waals surface area (Å²) in [6, 6.07) is 7.91. The maximum Gasteiger partial charge on any atom is 0.322 e. The van der Waals surface area contributed by atoms with E-state index in [1.54, 1.807) is 0 Å². The van der Waals surface area contributed by atoms with Gasteiger partial charge in [-0.3, -0.25) is 4.79 Å². The molecule has 3 nitrogen and oxygen atoms in total. The molecule has 0 aliphatic carbocycles. The lowest BCUT2D eigenvalue weighted by atomic mass is 10.2. The van der Waals surface area contributed by atoms with Crippen LogP contribution in [-0.4, -0.2) is 17.6 Å². The Hall–Kier alpha value is -1.55. The summed E-state index contributed by atoms with van der Waals surface area (Å²) < 4.78 is 0. The van der Waals surface area contributed by atoms with Gasteiger partial charge in [0.25, 0.3) is 0 Å². The smallest absolute Gasteiger partial charge is 0.322 e. The molecule has 0 fully saturated rings. The van der Waals surface area contributed by atoms with Gasteiger partial charge >= 0.3 is 5.97 Å². The Morgan fingerprint density at radius 1 is 1.43 bits per heavy atom. The monoisotopic (exact) mass is 207 g/mol. The second-order valence-corrected chi connectivity index (χ2v) is 3.78. The van der Waals surface area contributed by atoms with Crippen molar-refractivity contribution in [1.82, 2.24) is 0 Å². The summed E-state index contributed by atoms with van der Waals surface area (Å²) in [7, 11) is 0. The van der Waals surface area contributed by atoms with E-state index >= 15 is 0 Å². The van der Waals surface area contributed by atoms with Crippen LogP contribution in [0.2, 0.25) is 0 Å². The first-order chi connectivity index (χ1) is 6.77. The van der Waals surface area contributed by atoms with Crippen molar-refractivity contribution in [2.24, 2.45) is 0 Å². The Morgan fingerprint density at radius 2 is 2.21 bits per heavy atom. The van der Waals surface area contributed by atoms with Gasteiger partial charge in [-0.05, 0) is 5.39 Å². The molecule has 0 amide bonds. The molecule has 2 rings (SSSR count). The molecule has 0 atom stereocenters. The van der Waals surface area contributed by atoms with Crippen LogP contribution in [0.5, 0.6) is 0 Å². The van der Waals surface area contributed by atoms with Gasteiger partial charge in [0.15, 0.2) is 0 Å². The van der Waals surface area contributed by atoms with Crippen molar-refractivity contribution < 1.29 is 9.90 Å². The number of fused-ring (bicyclic) bond motifs is 1. The SMILES string of the molecule is O=C(O)CNc1scc2ccccc12. The molecule has 0 aliphatic rings. The van der Waals surface area contributed by atoms with E-state index in [-0.39, 0.29) is 6.54 Å². The second kappa shape index (κ2) is 3.67. The number of hydrogen-bond acceptors (Lipinski definition) is 3. The van der Waals surface area contributed by atoms with Crippen LogP contribution >= 0.6 is 11.3 Å². The minimum atomic E-state index is -0.845. The number of carboxylic acids is 1. The van der Waals surface area contributed by atoms with Crippen molar-refractivity contribution in [3.05, 3.63) is 29.6 Å². The lowest BCUT2D eigenvalue weighted by Gasteiger charge is -1.99. The normalized spacial score (nSPS) is 10.3. The molecule has 0 unspecified atom stereocenters. The fraction of sp³-hybridized carbons (Fsp3) is 0.100. The standard InChI is InChI=1S/C10H9NO2S/c12-9(13)5-11-10-8-4-2-1-3-7(8)6-14-10/h1-4,6,11H,5H2,(H,12,13). The molecule has 0 saturated heterocycles. The zero-order valence-electron chi connectivity index (χ0n) is 7.36. The Labute approximate surface area is 85.0 Å². The van der Waals surface area contributed by atoms with E-state index in [4.69, 9.17) is 5.11 Å². The molecule has 0 saturated carbocycles. The molecule has 2 N–H and O–H groups in total. The quantitative estimate of drug-likeness (QED) is 0.812. The van der Waals surface area contributed by atoms with Crippen LogP contribution in [0.4, 0.5) is 5.00 Å². The molecular formula is C10H9NO2S. The highest BCUT2D eigenvalue weighted by Gasteiger charge is 2.03. The highest BCUT2D eigenvalue weighted by molar-refractivity contribution is 7.16. The molecular weight excluding hydrogens is 198 g/mol. The largest absolute Gasteiger partial charge is 0.480 e. The number of hydrogen-bond donors (Lipinski definition) is 2. The van der Waals surface area contributed by atoms with Gasteiger partial charge in [-0.25, -0.2) is 0 Å². The molecule has 1 aromatic carbocycles. The van der Waals surface area contributed by atoms with Crippen LogP contribution in [0.1, 0.15) is 0 Å². The molecule has 0 radical (unpaired) electrons. The number of nitrogens with one attached hydrogen (secondary N) is 1. The van der Waals surface area contributed by atoms with Crippen molar-refractivity contribution >= 4 is 33.1 Å². The summed E-state index contributed by atoms with van der Waals surface area (Å²) in [5.74, 6) is -0.845. The zero-order valence-corrected chi connectivity index (χ0v) is 8.17. The van der Waals surface area contributed by atoms with Crippen LogP contribution in [0.25, 0.3) is 10.8 Å². The van der Waals surface area contributed by atoms with E-state index in [0.717, 1.165) is 15.8 Å². The second-order valence-electron chi connectivity index (χ2n) is 2.90. The van der Waals surface area contributed by atoms with Gasteiger partial charge < -0.3 is 10.4 Å². The first kappa shape index (κ1) is 9.02. The molecule has 2 aromatic rings. The van der Waals surface area contributed by atoms with Crippen molar-refractivity contribution in [3.8, 4) is 0 Å². The van der Waals surface area contributed by atoms with Gasteiger partial charge in [-0.15, -0.1) is 11.3 Å². The van der Waals surface area contributed by atoms with Crippen molar-refractivity contribution in [2.75, 3.05) is 11.9 Å². The van der Waals surface area contributed by atoms with E-state index in [1.165, 1.54) is 11.3 Å². The molecule has 14 heavy (non-hydrogen) atoms. The molecule has 0 aliphatic heterocycles. The maximum absolute atomic E-state index is 10.4. The van der Waals surface area contributed by atoms with Crippen molar-refractivity contribution in [2.45, 2.75) is 0 Å². The number of carboxylic acid groups (broad SMARTS) is 1. The fourth-order valence-electron chi connectivity index (χ4n) is 1.29. The summed E-state index contributed by atoms with van der Waals surface area (Å²) in [4.78, 5) is 10.4. The van der Waals surface area contributed by atoms with E-state index in [0.29, 0.717) is 0 Å². The molecule has 0 bridgehead atoms. The van der Waals surface area contributed by atoms with Crippen LogP contribution in [0.15, 0.2) is 29.6 Å². The minimum Gasteiger partial charge on any atom is -0.480 e. The van der Waals surface area contributed by atoms with Crippen molar-refractivity contribution in [3.63, 3.8) is 0 Å². The summed E-state index contributed by atoms with van der Waals surface area (Å²) in [6.45, 7) is -0.0372. The van der Waals surface area contributed by atoms with Crippen LogP contribution < -0.4 is 5.32 Å². The third-order valence-electron chi connectivity index (χ3n) is 1.91. The summed E-state index contributed by atoms with van der Waals surface area (Å²) in [5, 5.41) is 16.6. The van der Waals surface area contributed by atoms with Gasteiger partial charge in [-0.2, -0.15) is 0 Å². The summed E-state index contributed by atoms with van der Waals surface area (Å²) >= 11 is 1.53. The molecule has 72 valence electrons. The van der Waals surface area contributed by atoms with Crippen molar-refractivity contribution in [1.29, 1.82) is 0 Å². The fourth-order valence-corrected chi connectivity index (χ4v) is 2.20. The van der Waals surface area contributed by atoms with Gasteiger partial charge in [0, 0.05) is 10.8 Å². The van der Waals surface area contributed by atoms with E-state index in [9.17, 15) is 4.79 Å². The number of thiophene rings is 1. The minimum absolute atomic E-state index is 0.0372. The predicted octanol–water partition coefficient (Wildman–Crippen LogP) is 2.40. The van der Waals surface area contributed by atoms with Gasteiger partial charge in [0.1, 0.15) is 6.54 Å². The third-order valence-corrected chi connectivity index (χ3v) is 2.88. The Balaban J connectivity index is 2.29. The first-order valence-electron chi connectivity index (χ1n) is 4.19. The Bertz CT molecular complexity index is 464. The number of carbonyl (C=O) groups is 1. The zero-order chi connectivity index (χ0) is 9.97. The van der Waals surface area contributed by atoms with Gasteiger partial charge in [0.05, 0.1) is 5.00 Å². The van der Waals surface area contributed by atoms with E-state index < -0.39 is 5.97 Å². The Kier molecular flexibility index (Phi) is 2.37. The highest BCUT2D eigenvalue weighted by Crippen LogP contribution is 2.30. The summed E-state index contributed by atoms with van der Waals surface area (Å²) in [6.07, 6.45) is 0. The molecule has 1 aromatic heterocycles. The topological polar surface area (TPSA) is 49.3 Å². The average Bonchev–Trinajstić information content (AvgIpc) is 2.58. The number of benzene rings is 1. The van der Waals surface area contributed by atoms with Gasteiger partial charge in [0.2, 0.25) is 0 Å². The van der Waals surface area contributed by atoms with Gasteiger partial charge in [-0.1, -0.05) is 24.3 Å². The number of aliphatic carboxylic acids is 1. The van der Waals surface area contributed by atoms with E-state index in [2.05, 4.69) is 5.32 Å². The Morgan fingerprint density at radius 3 is 3.00 bits per heavy atom. The lowest BCUT2D eigenvalue weighted by molar-refractivity contribution is -0.134. The van der Waals surface area contributed by atoms with Crippen LogP contribution in [0.3, 0.4) is 0 Å². The summed E-state index contributed by atoms with van der Waals surface area (Å²) in [5.41, 5.74) is 0. The maximum atomic E-state index is 10.4. The van der Waals surface area contributed by atoms with E-state index in [1.807, 2.05) is 29.6 Å². The average molecular weight is 207 g/mol. The predicted molar refractivity (Wildman–Crippen MR) is 58.0 cm³/mol. The molecule has 4 heteroatoms. The van der Waals surface area contributed by atoms with Crippen LogP contribution in [0, 0.1) is 0 Å². The van der Waals surface area contributed by atoms with Crippen LogP contribution in [-0.2, 0) is 4.79 Å². The third kappa shape index (κ3) is 1.70. The molecule has 0 spiro atoms. The highest BCUT2D eigenvalue weighted by atomic mass is 32.1. The number of rotatable bonds is 3. The molecule has 1 heterocycles. The number of anilines is 1.